The summed E-state index contributed by atoms with van der Waals surface area (Å²) in [5.41, 5.74) is 0.660. The number of imidazole rings is 1. The van der Waals surface area contributed by atoms with Crippen molar-refractivity contribution in [2.24, 2.45) is 5.92 Å². The molecule has 0 radical (unpaired) electrons. The van der Waals surface area contributed by atoms with Crippen LogP contribution in [0.3, 0.4) is 0 Å². The van der Waals surface area contributed by atoms with Crippen molar-refractivity contribution in [3.63, 3.8) is 0 Å². The summed E-state index contributed by atoms with van der Waals surface area (Å²) in [7, 11) is 0. The first-order valence-corrected chi connectivity index (χ1v) is 6.87. The molecule has 104 valence electrons. The van der Waals surface area contributed by atoms with Gasteiger partial charge in [-0.3, -0.25) is 0 Å². The van der Waals surface area contributed by atoms with Crippen LogP contribution in [-0.4, -0.2) is 9.55 Å². The van der Waals surface area contributed by atoms with Gasteiger partial charge in [0, 0.05) is 6.54 Å². The summed E-state index contributed by atoms with van der Waals surface area (Å²) in [6.45, 7) is 6.49. The van der Waals surface area contributed by atoms with E-state index in [4.69, 9.17) is 11.6 Å². The topological polar surface area (TPSA) is 17.8 Å². The molecule has 0 aliphatic rings. The first-order valence-electron chi connectivity index (χ1n) is 6.43. The number of rotatable bonds is 4. The van der Waals surface area contributed by atoms with E-state index in [2.05, 4.69) is 18.8 Å². The van der Waals surface area contributed by atoms with Crippen molar-refractivity contribution >= 4 is 22.6 Å². The van der Waals surface area contributed by atoms with Gasteiger partial charge in [-0.05, 0) is 25.0 Å². The third-order valence-electron chi connectivity index (χ3n) is 3.38. The molecule has 0 saturated heterocycles. The fourth-order valence-corrected chi connectivity index (χ4v) is 2.27. The smallest absolute Gasteiger partial charge is 0.184 e. The second-order valence-corrected chi connectivity index (χ2v) is 5.59. The maximum absolute atomic E-state index is 14.0. The number of aromatic nitrogens is 2. The van der Waals surface area contributed by atoms with Crippen molar-refractivity contribution in [3.05, 3.63) is 29.6 Å². The molecule has 0 aliphatic carbocycles. The van der Waals surface area contributed by atoms with E-state index in [-0.39, 0.29) is 10.9 Å². The minimum Gasteiger partial charge on any atom is -0.324 e. The lowest BCUT2D eigenvalue weighted by molar-refractivity contribution is 0.456. The Kier molecular flexibility index (Phi) is 4.09. The van der Waals surface area contributed by atoms with Gasteiger partial charge in [0.15, 0.2) is 11.6 Å². The fourth-order valence-electron chi connectivity index (χ4n) is 2.10. The highest BCUT2D eigenvalue weighted by molar-refractivity contribution is 6.20. The molecule has 2 unspecified atom stereocenters. The van der Waals surface area contributed by atoms with Gasteiger partial charge in [-0.1, -0.05) is 20.3 Å². The summed E-state index contributed by atoms with van der Waals surface area (Å²) in [6.07, 6.45) is 0.951. The zero-order valence-electron chi connectivity index (χ0n) is 11.3. The van der Waals surface area contributed by atoms with E-state index in [0.717, 1.165) is 12.5 Å². The van der Waals surface area contributed by atoms with Gasteiger partial charge < -0.3 is 4.57 Å². The van der Waals surface area contributed by atoms with E-state index < -0.39 is 11.6 Å². The summed E-state index contributed by atoms with van der Waals surface area (Å²) in [4.78, 5) is 4.33. The van der Waals surface area contributed by atoms with Gasteiger partial charge in [-0.2, -0.15) is 0 Å². The van der Waals surface area contributed by atoms with Crippen LogP contribution in [0.2, 0.25) is 0 Å². The van der Waals surface area contributed by atoms with Crippen molar-refractivity contribution < 1.29 is 8.78 Å². The molecule has 1 aromatic carbocycles. The quantitative estimate of drug-likeness (QED) is 0.748. The van der Waals surface area contributed by atoms with Crippen LogP contribution < -0.4 is 0 Å². The highest BCUT2D eigenvalue weighted by Gasteiger charge is 2.20. The minimum atomic E-state index is -0.855. The normalized spacial score (nSPS) is 14.8. The average molecular weight is 287 g/mol. The van der Waals surface area contributed by atoms with Crippen LogP contribution in [0, 0.1) is 17.6 Å². The zero-order valence-corrected chi connectivity index (χ0v) is 12.0. The largest absolute Gasteiger partial charge is 0.324 e. The van der Waals surface area contributed by atoms with Gasteiger partial charge >= 0.3 is 0 Å². The molecular formula is C14H17ClF2N2. The van der Waals surface area contributed by atoms with E-state index in [1.54, 1.807) is 11.5 Å². The van der Waals surface area contributed by atoms with Crippen LogP contribution in [0.25, 0.3) is 11.0 Å². The van der Waals surface area contributed by atoms with Gasteiger partial charge in [0.1, 0.15) is 11.3 Å². The fraction of sp³-hybridized carbons (Fsp3) is 0.500. The molecule has 0 N–H and O–H groups in total. The van der Waals surface area contributed by atoms with Crippen molar-refractivity contribution in [1.82, 2.24) is 9.55 Å². The number of fused-ring (bicyclic) bond motifs is 1. The Balaban J connectivity index is 2.67. The molecule has 0 saturated carbocycles. The SMILES string of the molecule is CCC(C)Cn1c(C(C)Cl)nc2ccc(F)c(F)c21. The summed E-state index contributed by atoms with van der Waals surface area (Å²) >= 11 is 6.10. The van der Waals surface area contributed by atoms with Gasteiger partial charge in [0.05, 0.1) is 10.9 Å². The molecule has 19 heavy (non-hydrogen) atoms. The molecule has 2 aromatic rings. The van der Waals surface area contributed by atoms with Crippen LogP contribution in [0.5, 0.6) is 0 Å². The summed E-state index contributed by atoms with van der Waals surface area (Å²) < 4.78 is 29.1. The third-order valence-corrected chi connectivity index (χ3v) is 3.57. The number of hydrogen-bond acceptors (Lipinski definition) is 1. The molecular weight excluding hydrogens is 270 g/mol. The third kappa shape index (κ3) is 2.59. The van der Waals surface area contributed by atoms with Gasteiger partial charge in [0.25, 0.3) is 0 Å². The van der Waals surface area contributed by atoms with Gasteiger partial charge in [0.2, 0.25) is 0 Å². The molecule has 5 heteroatoms. The summed E-state index contributed by atoms with van der Waals surface area (Å²) in [6, 6.07) is 2.59. The Labute approximate surface area is 116 Å². The molecule has 1 heterocycles. The molecule has 2 atom stereocenters. The maximum atomic E-state index is 14.0. The van der Waals surface area contributed by atoms with Crippen molar-refractivity contribution in [2.45, 2.75) is 39.1 Å². The Morgan fingerprint density at radius 3 is 2.58 bits per heavy atom. The Morgan fingerprint density at radius 1 is 1.32 bits per heavy atom. The summed E-state index contributed by atoms with van der Waals surface area (Å²) in [5, 5.41) is -0.348. The Morgan fingerprint density at radius 2 is 2.00 bits per heavy atom. The molecule has 0 amide bonds. The zero-order chi connectivity index (χ0) is 14.2. The number of hydrogen-bond donors (Lipinski definition) is 0. The lowest BCUT2D eigenvalue weighted by Gasteiger charge is -2.15. The number of halogens is 3. The second-order valence-electron chi connectivity index (χ2n) is 4.94. The minimum absolute atomic E-state index is 0.211. The van der Waals surface area contributed by atoms with E-state index in [9.17, 15) is 8.78 Å². The standard InChI is InChI=1S/C14H17ClF2N2/c1-4-8(2)7-19-13-11(18-14(19)9(3)15)6-5-10(16)12(13)17/h5-6,8-9H,4,7H2,1-3H3. The van der Waals surface area contributed by atoms with Gasteiger partial charge in [-0.15, -0.1) is 11.6 Å². The van der Waals surface area contributed by atoms with Crippen molar-refractivity contribution in [3.8, 4) is 0 Å². The Hall–Kier alpha value is -1.16. The first kappa shape index (κ1) is 14.3. The molecule has 0 spiro atoms. The molecule has 2 rings (SSSR count). The van der Waals surface area contributed by atoms with E-state index in [1.807, 2.05) is 0 Å². The van der Waals surface area contributed by atoms with Crippen LogP contribution in [0.15, 0.2) is 12.1 Å². The monoisotopic (exact) mass is 286 g/mol. The number of nitrogens with zero attached hydrogens (tertiary/aromatic N) is 2. The average Bonchev–Trinajstić information content (AvgIpc) is 2.73. The predicted octanol–water partition coefficient (Wildman–Crippen LogP) is 4.66. The molecule has 0 bridgehead atoms. The van der Waals surface area contributed by atoms with Crippen LogP contribution in [0.4, 0.5) is 8.78 Å². The van der Waals surface area contributed by atoms with E-state index >= 15 is 0 Å². The van der Waals surface area contributed by atoms with E-state index in [1.165, 1.54) is 6.07 Å². The lowest BCUT2D eigenvalue weighted by atomic mass is 10.1. The van der Waals surface area contributed by atoms with Crippen LogP contribution in [-0.2, 0) is 6.54 Å². The second kappa shape index (κ2) is 5.45. The molecule has 1 aromatic heterocycles. The highest BCUT2D eigenvalue weighted by Crippen LogP contribution is 2.28. The summed E-state index contributed by atoms with van der Waals surface area (Å²) in [5.74, 6) is -0.779. The van der Waals surface area contributed by atoms with E-state index in [0.29, 0.717) is 23.8 Å². The molecule has 0 fully saturated rings. The van der Waals surface area contributed by atoms with Crippen LogP contribution >= 0.6 is 11.6 Å². The number of alkyl halides is 1. The highest BCUT2D eigenvalue weighted by atomic mass is 35.5. The predicted molar refractivity (Wildman–Crippen MR) is 73.4 cm³/mol. The Bertz CT molecular complexity index is 593. The van der Waals surface area contributed by atoms with Crippen LogP contribution in [0.1, 0.15) is 38.4 Å². The molecule has 2 nitrogen and oxygen atoms in total. The first-order chi connectivity index (χ1) is 8.95. The van der Waals surface area contributed by atoms with Crippen molar-refractivity contribution in [2.75, 3.05) is 0 Å². The number of benzene rings is 1. The maximum Gasteiger partial charge on any atom is 0.184 e. The molecule has 0 aliphatic heterocycles. The van der Waals surface area contributed by atoms with Gasteiger partial charge in [-0.25, -0.2) is 13.8 Å². The van der Waals surface area contributed by atoms with Crippen molar-refractivity contribution in [1.29, 1.82) is 0 Å². The lowest BCUT2D eigenvalue weighted by Crippen LogP contribution is -2.11.